The third kappa shape index (κ3) is 33.7. The number of benzene rings is 10. The Hall–Kier alpha value is -10.6. The quantitative estimate of drug-likeness (QED) is 0.0134. The van der Waals surface area contributed by atoms with Crippen molar-refractivity contribution in [3.8, 4) is 0 Å². The highest BCUT2D eigenvalue weighted by molar-refractivity contribution is 6.40. The average Bonchev–Trinajstić information content (AvgIpc) is 0.813. The Morgan fingerprint density at radius 3 is 0.862 bits per heavy atom. The maximum absolute atomic E-state index is 13.6. The van der Waals surface area contributed by atoms with E-state index in [1.165, 1.54) is 60.7 Å². The summed E-state index contributed by atoms with van der Waals surface area (Å²) in [5, 5.41) is 27.7. The second kappa shape index (κ2) is 51.3. The molecule has 11 N–H and O–H groups in total. The Morgan fingerprint density at radius 2 is 0.615 bits per heavy atom. The number of Topliss-reactive ketones (excluding diaryl/α,β-unsaturated/α-hetero) is 5. The second-order valence-corrected chi connectivity index (χ2v) is 34.6. The number of carbonyl (C=O) groups excluding carboxylic acids is 10. The summed E-state index contributed by atoms with van der Waals surface area (Å²) >= 11 is 52.3. The third-order valence-electron chi connectivity index (χ3n) is 20.1. The van der Waals surface area contributed by atoms with Crippen LogP contribution >= 0.6 is 104 Å². The number of ketones is 5. The van der Waals surface area contributed by atoms with Crippen molar-refractivity contribution in [2.45, 2.75) is 142 Å². The van der Waals surface area contributed by atoms with Crippen molar-refractivity contribution in [3.05, 3.63) is 359 Å². The van der Waals surface area contributed by atoms with Crippen molar-refractivity contribution in [1.82, 2.24) is 31.9 Å². The summed E-state index contributed by atoms with van der Waals surface area (Å²) in [5.74, 6) is -10.2. The Morgan fingerprint density at radius 1 is 0.362 bits per heavy atom. The molecule has 0 aliphatic carbocycles. The van der Waals surface area contributed by atoms with Crippen LogP contribution in [0, 0.1) is 49.9 Å². The normalized spacial score (nSPS) is 12.6. The zero-order valence-corrected chi connectivity index (χ0v) is 78.7. The number of nitrogens with two attached hydrogens (primary N) is 2. The molecule has 5 unspecified atom stereocenters. The lowest BCUT2D eigenvalue weighted by Gasteiger charge is -2.32. The van der Waals surface area contributed by atoms with Gasteiger partial charge in [-0.25, -0.2) is 22.0 Å². The molecule has 5 amide bonds. The maximum Gasteiger partial charge on any atom is 0.288 e. The molecule has 0 fully saturated rings. The number of aliphatic hydroxyl groups excluding tert-OH is 1. The maximum atomic E-state index is 13.6. The van der Waals surface area contributed by atoms with Crippen molar-refractivity contribution < 1.29 is 75.0 Å². The molecule has 0 heterocycles. The summed E-state index contributed by atoms with van der Waals surface area (Å²) in [6.45, 7) is 18.5. The molecule has 0 aromatic heterocycles. The highest BCUT2D eigenvalue weighted by atomic mass is 35.5. The van der Waals surface area contributed by atoms with Crippen LogP contribution in [-0.2, 0) is 96.7 Å². The Labute approximate surface area is 796 Å². The minimum atomic E-state index is -1.09. The number of nitrogens with one attached hydrogen (secondary N) is 6. The fourth-order valence-corrected chi connectivity index (χ4v) is 14.2. The van der Waals surface area contributed by atoms with Crippen LogP contribution in [0.4, 0.5) is 22.0 Å². The van der Waals surface area contributed by atoms with Crippen LogP contribution in [0.2, 0.25) is 45.2 Å². The van der Waals surface area contributed by atoms with Crippen molar-refractivity contribution in [2.75, 3.05) is 19.7 Å². The molecule has 0 saturated heterocycles. The number of aryl methyl sites for hydroxylation is 3. The van der Waals surface area contributed by atoms with E-state index in [1.807, 2.05) is 95.3 Å². The van der Waals surface area contributed by atoms with Crippen molar-refractivity contribution in [3.63, 3.8) is 0 Å². The Kier molecular flexibility index (Phi) is 42.7. The number of amides is 5. The zero-order chi connectivity index (χ0) is 96.7. The predicted octanol–water partition coefficient (Wildman–Crippen LogP) is 19.9. The van der Waals surface area contributed by atoms with Gasteiger partial charge in [0.25, 0.3) is 29.5 Å². The van der Waals surface area contributed by atoms with E-state index in [-0.39, 0.29) is 82.7 Å². The first-order chi connectivity index (χ1) is 61.2. The van der Waals surface area contributed by atoms with E-state index < -0.39 is 116 Å². The molecule has 10 aromatic carbocycles. The number of hydrogen-bond acceptors (Lipinski definition) is 14. The van der Waals surface area contributed by atoms with Crippen LogP contribution in [-0.4, -0.2) is 83.3 Å². The molecule has 0 radical (unpaired) electrons. The van der Waals surface area contributed by atoms with Gasteiger partial charge in [0.15, 0.2) is 0 Å². The first kappa shape index (κ1) is 108. The molecule has 10 aromatic rings. The molecule has 19 nitrogen and oxygen atoms in total. The van der Waals surface area contributed by atoms with E-state index in [4.69, 9.17) is 116 Å². The number of carbonyl (C=O) groups is 10. The molecule has 33 heteroatoms. The number of aliphatic hydroxyl groups is 1. The average molecular weight is 1960 g/mol. The SMILES string of the molecule is C=C(N)NCC(C)(NC(=O)C(=O)Cc1ccc(Cl)c(F)c1)c1ccc(C)cc1.CCCC(NC(=O)C(=O)Cc1ccc(Cl)c(F)c1)c1ccc(Cl)cc1Cl.CCCC(NC(=O)C(=O)Cc1ccc(Cl)c(F)c1)c1ccc(Cl)cc1Cl.Cc1ccc(C(C)(CN)NC(=O)C(=O)Cc2ccc(Cl)c(F)c2)cc1.Cc1ccc(C(C)(CO)NC(=O)C(=O)Cc2ccc(Cl)c(F)c2)cc1. The van der Waals surface area contributed by atoms with Gasteiger partial charge in [0.1, 0.15) is 29.1 Å². The highest BCUT2D eigenvalue weighted by Gasteiger charge is 2.35. The Bertz CT molecular complexity index is 5480. The van der Waals surface area contributed by atoms with Crippen molar-refractivity contribution in [1.29, 1.82) is 0 Å². The van der Waals surface area contributed by atoms with E-state index in [0.717, 1.165) is 71.0 Å². The third-order valence-corrected chi connectivity index (χ3v) is 22.7. The Balaban J connectivity index is 0.000000250. The number of hydrogen-bond donors (Lipinski definition) is 9. The summed E-state index contributed by atoms with van der Waals surface area (Å²) in [4.78, 5) is 123. The molecule has 130 heavy (non-hydrogen) atoms. The molecule has 0 spiro atoms. The number of rotatable bonds is 34. The smallest absolute Gasteiger partial charge is 0.288 e. The van der Waals surface area contributed by atoms with Gasteiger partial charge >= 0.3 is 0 Å². The van der Waals surface area contributed by atoms with Crippen LogP contribution in [0.5, 0.6) is 0 Å². The molecule has 688 valence electrons. The van der Waals surface area contributed by atoms with Gasteiger partial charge in [-0.05, 0) is 195 Å². The molecular formula is C97H96Cl9F5N8O11. The van der Waals surface area contributed by atoms with Crippen molar-refractivity contribution >= 4 is 163 Å². The van der Waals surface area contributed by atoms with Gasteiger partial charge < -0.3 is 48.5 Å². The molecule has 0 aliphatic heterocycles. The summed E-state index contributed by atoms with van der Waals surface area (Å²) in [5.41, 5.74) is 17.2. The molecule has 10 rings (SSSR count). The van der Waals surface area contributed by atoms with Gasteiger partial charge in [-0.15, -0.1) is 0 Å². The standard InChI is InChI=1S/C21H23ClFN3O2.2C19H17Cl3FNO2.C19H20ClFN2O2.C19H19ClFNO3/c1-13-4-7-16(8-5-13)21(3,12-25-14(2)24)26-20(28)19(27)11-15-6-9-17(22)18(23)10-15;2*1-2-3-17(13-6-5-12(20)10-15(13)22)24-19(26)18(25)9-11-4-7-14(21)16(23)8-11;1-12-3-6-14(7-4-12)19(2,11-22)23-18(25)17(24)10-13-5-8-15(20)16(21)9-13;1-12-3-6-14(7-4-12)19(2,11-23)22-18(25)17(24)10-13-5-8-15(20)16(21)9-13/h4-10,25H,2,11-12,24H2,1,3H3,(H,26,28);2*4-8,10,17H,2-3,9H2,1H3,(H,24,26);3-9H,10-11,22H2,1-2H3,(H,23,25);3-9,23H,10-11H2,1-2H3,(H,22,25). The predicted molar refractivity (Wildman–Crippen MR) is 503 cm³/mol. The lowest BCUT2D eigenvalue weighted by atomic mass is 9.90. The van der Waals surface area contributed by atoms with Gasteiger partial charge in [0.2, 0.25) is 28.9 Å². The summed E-state index contributed by atoms with van der Waals surface area (Å²) in [6, 6.07) is 51.5. The van der Waals surface area contributed by atoms with E-state index in [9.17, 15) is 75.0 Å². The van der Waals surface area contributed by atoms with Gasteiger partial charge in [0.05, 0.1) is 66.2 Å². The summed E-state index contributed by atoms with van der Waals surface area (Å²) < 4.78 is 67.4. The molecule has 5 atom stereocenters. The summed E-state index contributed by atoms with van der Waals surface area (Å²) in [6.07, 6.45) is 1.64. The van der Waals surface area contributed by atoms with E-state index in [0.29, 0.717) is 77.4 Å². The minimum Gasteiger partial charge on any atom is -0.394 e. The lowest BCUT2D eigenvalue weighted by molar-refractivity contribution is -0.139. The fraction of sp³-hybridized carbons (Fsp3) is 0.258. The molecule has 0 aliphatic rings. The largest absolute Gasteiger partial charge is 0.394 e. The van der Waals surface area contributed by atoms with Crippen LogP contribution in [0.3, 0.4) is 0 Å². The van der Waals surface area contributed by atoms with Gasteiger partial charge in [-0.2, -0.15) is 0 Å². The van der Waals surface area contributed by atoms with Gasteiger partial charge in [-0.1, -0.05) is 270 Å². The van der Waals surface area contributed by atoms with E-state index in [1.54, 1.807) is 69.3 Å². The first-order valence-electron chi connectivity index (χ1n) is 40.3. The molecule has 0 bridgehead atoms. The van der Waals surface area contributed by atoms with E-state index >= 15 is 0 Å². The van der Waals surface area contributed by atoms with Gasteiger partial charge in [-0.3, -0.25) is 47.9 Å². The lowest BCUT2D eigenvalue weighted by Crippen LogP contribution is -2.52. The highest BCUT2D eigenvalue weighted by Crippen LogP contribution is 2.33. The fourth-order valence-electron chi connectivity index (χ4n) is 12.5. The monoisotopic (exact) mass is 1960 g/mol. The van der Waals surface area contributed by atoms with Crippen LogP contribution < -0.4 is 43.4 Å². The first-order valence-corrected chi connectivity index (χ1v) is 43.7. The second-order valence-electron chi connectivity index (χ2n) is 30.9. The topological polar surface area (TPSA) is 315 Å². The van der Waals surface area contributed by atoms with E-state index in [2.05, 4.69) is 38.5 Å². The zero-order valence-electron chi connectivity index (χ0n) is 71.9. The van der Waals surface area contributed by atoms with Gasteiger partial charge in [0, 0.05) is 65.3 Å². The van der Waals surface area contributed by atoms with Crippen molar-refractivity contribution in [2.24, 2.45) is 11.5 Å². The molecular weight excluding hydrogens is 1870 g/mol. The van der Waals surface area contributed by atoms with Crippen LogP contribution in [0.25, 0.3) is 0 Å². The van der Waals surface area contributed by atoms with Crippen LogP contribution in [0.15, 0.2) is 213 Å². The summed E-state index contributed by atoms with van der Waals surface area (Å²) in [7, 11) is 0. The van der Waals surface area contributed by atoms with Crippen LogP contribution in [0.1, 0.15) is 145 Å². The minimum absolute atomic E-state index is 0.0317. The number of halogens is 14. The molecule has 0 saturated carbocycles.